The molecule has 0 spiro atoms. The van der Waals surface area contributed by atoms with Gasteiger partial charge in [-0.15, -0.1) is 0 Å². The van der Waals surface area contributed by atoms with Crippen LogP contribution in [0, 0.1) is 5.92 Å². The van der Waals surface area contributed by atoms with Gasteiger partial charge in [-0.1, -0.05) is 13.8 Å². The predicted octanol–water partition coefficient (Wildman–Crippen LogP) is 1.88. The summed E-state index contributed by atoms with van der Waals surface area (Å²) in [6, 6.07) is 0. The van der Waals surface area contributed by atoms with Crippen LogP contribution >= 0.6 is 8.81 Å². The Bertz CT molecular complexity index is 37.1. The van der Waals surface area contributed by atoms with Crippen LogP contribution in [0.2, 0.25) is 0 Å². The van der Waals surface area contributed by atoms with E-state index in [2.05, 4.69) is 13.8 Å². The van der Waals surface area contributed by atoms with Gasteiger partial charge < -0.3 is 4.52 Å². The first-order chi connectivity index (χ1) is 3.27. The van der Waals surface area contributed by atoms with Gasteiger partial charge in [0.2, 0.25) is 0 Å². The number of hydrogen-bond donors (Lipinski definition) is 0. The molecule has 1 unspecified atom stereocenters. The van der Waals surface area contributed by atoms with Crippen molar-refractivity contribution >= 4 is 8.81 Å². The lowest BCUT2D eigenvalue weighted by molar-refractivity contribution is 0.308. The molecule has 0 aromatic carbocycles. The first-order valence-electron chi connectivity index (χ1n) is 2.56. The Morgan fingerprint density at radius 2 is 2.14 bits per heavy atom. The molecule has 0 saturated carbocycles. The van der Waals surface area contributed by atoms with Crippen LogP contribution in [0.3, 0.4) is 0 Å². The highest BCUT2D eigenvalue weighted by molar-refractivity contribution is 7.31. The monoisotopic (exact) mass is 120 g/mol. The van der Waals surface area contributed by atoms with Crippen LogP contribution in [0.5, 0.6) is 0 Å². The minimum Gasteiger partial charge on any atom is -0.362 e. The molecule has 0 bridgehead atoms. The van der Waals surface area contributed by atoms with E-state index in [1.165, 1.54) is 0 Å². The van der Waals surface area contributed by atoms with E-state index in [0.717, 1.165) is 6.61 Å². The lowest BCUT2D eigenvalue weighted by atomic mass is 10.2. The topological polar surface area (TPSA) is 9.23 Å². The molecule has 0 radical (unpaired) electrons. The lowest BCUT2D eigenvalue weighted by Crippen LogP contribution is -1.93. The highest BCUT2D eigenvalue weighted by atomic mass is 31.1. The second-order valence-electron chi connectivity index (χ2n) is 1.91. The molecular formula is C5H13OP. The van der Waals surface area contributed by atoms with Crippen molar-refractivity contribution in [2.75, 3.05) is 13.3 Å². The Balaban J connectivity index is 2.68. The highest BCUT2D eigenvalue weighted by Crippen LogP contribution is 2.06. The average Bonchev–Trinajstić information content (AvgIpc) is 1.61. The maximum Gasteiger partial charge on any atom is 0.0528 e. The third-order valence-electron chi connectivity index (χ3n) is 0.561. The highest BCUT2D eigenvalue weighted by Gasteiger charge is 1.88. The van der Waals surface area contributed by atoms with Crippen LogP contribution in [0.1, 0.15) is 13.8 Å². The summed E-state index contributed by atoms with van der Waals surface area (Å²) < 4.78 is 5.12. The standard InChI is InChI=1S/C5H13OP/c1-5(2)4-6-7-3/h5,7H,4H2,1-3H3. The average molecular weight is 120 g/mol. The third kappa shape index (κ3) is 6.39. The molecule has 0 aromatic heterocycles. The molecule has 0 saturated heterocycles. The lowest BCUT2D eigenvalue weighted by Gasteiger charge is -2.01. The first kappa shape index (κ1) is 7.39. The minimum absolute atomic E-state index is 0.651. The van der Waals surface area contributed by atoms with E-state index in [4.69, 9.17) is 4.52 Å². The van der Waals surface area contributed by atoms with Gasteiger partial charge in [-0.2, -0.15) is 0 Å². The maximum absolute atomic E-state index is 5.12. The van der Waals surface area contributed by atoms with Crippen LogP contribution in [-0.2, 0) is 4.52 Å². The Labute approximate surface area is 47.3 Å². The zero-order chi connectivity index (χ0) is 5.70. The van der Waals surface area contributed by atoms with Gasteiger partial charge in [-0.25, -0.2) is 0 Å². The molecule has 0 aromatic rings. The van der Waals surface area contributed by atoms with E-state index in [-0.39, 0.29) is 0 Å². The largest absolute Gasteiger partial charge is 0.362 e. The summed E-state index contributed by atoms with van der Waals surface area (Å²) in [5.41, 5.74) is 0. The Morgan fingerprint density at radius 3 is 2.29 bits per heavy atom. The second kappa shape index (κ2) is 4.55. The van der Waals surface area contributed by atoms with Crippen LogP contribution in [0.25, 0.3) is 0 Å². The second-order valence-corrected chi connectivity index (χ2v) is 2.61. The molecule has 0 fully saturated rings. The van der Waals surface area contributed by atoms with E-state index >= 15 is 0 Å². The van der Waals surface area contributed by atoms with E-state index in [0.29, 0.717) is 14.7 Å². The summed E-state index contributed by atoms with van der Waals surface area (Å²) in [7, 11) is 0.651. The van der Waals surface area contributed by atoms with Crippen molar-refractivity contribution in [1.29, 1.82) is 0 Å². The van der Waals surface area contributed by atoms with Crippen molar-refractivity contribution < 1.29 is 4.52 Å². The van der Waals surface area contributed by atoms with Gasteiger partial charge in [0, 0.05) is 8.81 Å². The summed E-state index contributed by atoms with van der Waals surface area (Å²) in [4.78, 5) is 0. The fraction of sp³-hybridized carbons (Fsp3) is 1.00. The SMILES string of the molecule is CPOCC(C)C. The van der Waals surface area contributed by atoms with E-state index < -0.39 is 0 Å². The zero-order valence-electron chi connectivity index (χ0n) is 5.19. The molecule has 0 aliphatic carbocycles. The van der Waals surface area contributed by atoms with Gasteiger partial charge in [0.15, 0.2) is 0 Å². The van der Waals surface area contributed by atoms with Crippen molar-refractivity contribution in [3.8, 4) is 0 Å². The third-order valence-corrected chi connectivity index (χ3v) is 1.02. The Hall–Kier alpha value is 0.390. The molecule has 0 heterocycles. The first-order valence-corrected chi connectivity index (χ1v) is 3.96. The van der Waals surface area contributed by atoms with Crippen LogP contribution in [-0.4, -0.2) is 13.3 Å². The van der Waals surface area contributed by atoms with Crippen molar-refractivity contribution in [2.24, 2.45) is 5.92 Å². The summed E-state index contributed by atoms with van der Waals surface area (Å²) in [6.45, 7) is 7.26. The van der Waals surface area contributed by atoms with Crippen LogP contribution < -0.4 is 0 Å². The Kier molecular flexibility index (Phi) is 4.80. The fourth-order valence-corrected chi connectivity index (χ4v) is 0.750. The molecule has 1 atom stereocenters. The summed E-state index contributed by atoms with van der Waals surface area (Å²) in [5.74, 6) is 0.687. The molecule has 0 aliphatic rings. The molecule has 2 heteroatoms. The van der Waals surface area contributed by atoms with E-state index in [9.17, 15) is 0 Å². The Morgan fingerprint density at radius 1 is 1.57 bits per heavy atom. The van der Waals surface area contributed by atoms with E-state index in [1.807, 2.05) is 6.66 Å². The predicted molar refractivity (Wildman–Crippen MR) is 35.0 cm³/mol. The molecule has 0 amide bonds. The van der Waals surface area contributed by atoms with E-state index in [1.54, 1.807) is 0 Å². The maximum atomic E-state index is 5.12. The molecule has 1 nitrogen and oxygen atoms in total. The van der Waals surface area contributed by atoms with Crippen molar-refractivity contribution in [2.45, 2.75) is 13.8 Å². The fourth-order valence-electron chi connectivity index (χ4n) is 0.250. The van der Waals surface area contributed by atoms with Crippen molar-refractivity contribution in [1.82, 2.24) is 0 Å². The van der Waals surface area contributed by atoms with Gasteiger partial charge in [-0.05, 0) is 12.6 Å². The molecule has 7 heavy (non-hydrogen) atoms. The molecule has 0 rings (SSSR count). The van der Waals surface area contributed by atoms with Crippen molar-refractivity contribution in [3.63, 3.8) is 0 Å². The minimum atomic E-state index is 0.651. The van der Waals surface area contributed by atoms with Gasteiger partial charge >= 0.3 is 0 Å². The molecular weight excluding hydrogens is 107 g/mol. The van der Waals surface area contributed by atoms with Crippen LogP contribution in [0.4, 0.5) is 0 Å². The van der Waals surface area contributed by atoms with Gasteiger partial charge in [-0.3, -0.25) is 0 Å². The van der Waals surface area contributed by atoms with Crippen LogP contribution in [0.15, 0.2) is 0 Å². The van der Waals surface area contributed by atoms with Gasteiger partial charge in [0.05, 0.1) is 6.61 Å². The number of hydrogen-bond acceptors (Lipinski definition) is 1. The quantitative estimate of drug-likeness (QED) is 0.517. The molecule has 44 valence electrons. The smallest absolute Gasteiger partial charge is 0.0528 e. The van der Waals surface area contributed by atoms with Gasteiger partial charge in [0.25, 0.3) is 0 Å². The summed E-state index contributed by atoms with van der Waals surface area (Å²) in [6.07, 6.45) is 0. The normalized spacial score (nSPS) is 12.0. The number of rotatable bonds is 3. The molecule has 0 N–H and O–H groups in total. The van der Waals surface area contributed by atoms with Crippen molar-refractivity contribution in [3.05, 3.63) is 0 Å². The molecule has 0 aliphatic heterocycles. The summed E-state index contributed by atoms with van der Waals surface area (Å²) in [5, 5.41) is 0. The van der Waals surface area contributed by atoms with Gasteiger partial charge in [0.1, 0.15) is 0 Å². The zero-order valence-corrected chi connectivity index (χ0v) is 6.19. The summed E-state index contributed by atoms with van der Waals surface area (Å²) >= 11 is 0.